The summed E-state index contributed by atoms with van der Waals surface area (Å²) in [6, 6.07) is 15.0. The van der Waals surface area contributed by atoms with E-state index in [1.54, 1.807) is 24.4 Å². The van der Waals surface area contributed by atoms with Crippen LogP contribution in [0.15, 0.2) is 53.5 Å². The van der Waals surface area contributed by atoms with Crippen LogP contribution in [0.2, 0.25) is 5.02 Å². The zero-order chi connectivity index (χ0) is 11.4. The Kier molecular flexibility index (Phi) is 3.22. The summed E-state index contributed by atoms with van der Waals surface area (Å²) in [6.07, 6.45) is 1.72. The van der Waals surface area contributed by atoms with Crippen LogP contribution >= 0.6 is 11.6 Å². The third-order valence-corrected chi connectivity index (χ3v) is 2.39. The number of para-hydroxylation sites is 1. The number of hydrogen-bond acceptors (Lipinski definition) is 2. The summed E-state index contributed by atoms with van der Waals surface area (Å²) in [4.78, 5) is 4.31. The highest BCUT2D eigenvalue weighted by Gasteiger charge is 1.96. The highest BCUT2D eigenvalue weighted by atomic mass is 35.5. The van der Waals surface area contributed by atoms with E-state index >= 15 is 0 Å². The van der Waals surface area contributed by atoms with Crippen LogP contribution in [0.1, 0.15) is 5.56 Å². The Balaban J connectivity index is 2.27. The van der Waals surface area contributed by atoms with Gasteiger partial charge in [0, 0.05) is 22.5 Å². The molecule has 2 nitrogen and oxygen atoms in total. The van der Waals surface area contributed by atoms with E-state index in [2.05, 4.69) is 4.99 Å². The van der Waals surface area contributed by atoms with Crippen molar-refractivity contribution in [2.45, 2.75) is 0 Å². The number of nitrogen functional groups attached to an aromatic ring is 1. The Labute approximate surface area is 99.4 Å². The lowest BCUT2D eigenvalue weighted by atomic mass is 10.2. The molecule has 16 heavy (non-hydrogen) atoms. The van der Waals surface area contributed by atoms with Crippen LogP contribution in [0.5, 0.6) is 0 Å². The van der Waals surface area contributed by atoms with Gasteiger partial charge in [0.15, 0.2) is 0 Å². The van der Waals surface area contributed by atoms with Crippen molar-refractivity contribution in [3.8, 4) is 0 Å². The fourth-order valence-corrected chi connectivity index (χ4v) is 1.50. The van der Waals surface area contributed by atoms with Crippen molar-refractivity contribution in [1.29, 1.82) is 0 Å². The zero-order valence-corrected chi connectivity index (χ0v) is 9.35. The first kappa shape index (κ1) is 10.7. The van der Waals surface area contributed by atoms with Gasteiger partial charge < -0.3 is 5.73 Å². The molecule has 2 aromatic rings. The van der Waals surface area contributed by atoms with Gasteiger partial charge in [-0.15, -0.1) is 0 Å². The number of aliphatic imine (C=N–C) groups is 1. The predicted octanol–water partition coefficient (Wildman–Crippen LogP) is 3.67. The summed E-state index contributed by atoms with van der Waals surface area (Å²) >= 11 is 5.88. The van der Waals surface area contributed by atoms with Gasteiger partial charge in [-0.1, -0.05) is 29.8 Å². The standard InChI is InChI=1S/C13H11ClN2/c14-11-6-7-13(15)10(8-11)9-16-12-4-2-1-3-5-12/h1-9H,15H2. The second-order valence-electron chi connectivity index (χ2n) is 3.37. The average molecular weight is 231 g/mol. The Hall–Kier alpha value is -1.80. The number of benzene rings is 2. The monoisotopic (exact) mass is 230 g/mol. The number of nitrogens with zero attached hydrogens (tertiary/aromatic N) is 1. The van der Waals surface area contributed by atoms with E-state index < -0.39 is 0 Å². The van der Waals surface area contributed by atoms with Crippen LogP contribution in [-0.4, -0.2) is 6.21 Å². The summed E-state index contributed by atoms with van der Waals surface area (Å²) in [5, 5.41) is 0.656. The maximum atomic E-state index is 5.88. The molecule has 2 aromatic carbocycles. The fourth-order valence-electron chi connectivity index (χ4n) is 1.32. The molecule has 0 saturated heterocycles. The van der Waals surface area contributed by atoms with Gasteiger partial charge >= 0.3 is 0 Å². The number of hydrogen-bond donors (Lipinski definition) is 1. The third-order valence-electron chi connectivity index (χ3n) is 2.16. The van der Waals surface area contributed by atoms with Gasteiger partial charge in [0.25, 0.3) is 0 Å². The summed E-state index contributed by atoms with van der Waals surface area (Å²) in [5.41, 5.74) is 8.19. The molecular weight excluding hydrogens is 220 g/mol. The Morgan fingerprint density at radius 1 is 1.06 bits per heavy atom. The van der Waals surface area contributed by atoms with Crippen molar-refractivity contribution in [3.05, 3.63) is 59.1 Å². The van der Waals surface area contributed by atoms with E-state index in [1.165, 1.54) is 0 Å². The normalized spacial score (nSPS) is 10.8. The molecule has 0 aliphatic heterocycles. The molecule has 80 valence electrons. The average Bonchev–Trinajstić information content (AvgIpc) is 2.32. The van der Waals surface area contributed by atoms with Crippen LogP contribution in [0.3, 0.4) is 0 Å². The maximum absolute atomic E-state index is 5.88. The number of nitrogens with two attached hydrogens (primary N) is 1. The van der Waals surface area contributed by atoms with Crippen molar-refractivity contribution in [3.63, 3.8) is 0 Å². The van der Waals surface area contributed by atoms with Crippen LogP contribution < -0.4 is 5.73 Å². The first-order valence-corrected chi connectivity index (χ1v) is 5.27. The SMILES string of the molecule is Nc1ccc(Cl)cc1C=Nc1ccccc1. The molecular formula is C13H11ClN2. The summed E-state index contributed by atoms with van der Waals surface area (Å²) in [6.45, 7) is 0. The summed E-state index contributed by atoms with van der Waals surface area (Å²) in [5.74, 6) is 0. The second kappa shape index (κ2) is 4.81. The second-order valence-corrected chi connectivity index (χ2v) is 3.80. The predicted molar refractivity (Wildman–Crippen MR) is 69.6 cm³/mol. The van der Waals surface area contributed by atoms with Crippen LogP contribution in [0.25, 0.3) is 0 Å². The van der Waals surface area contributed by atoms with Gasteiger partial charge in [-0.05, 0) is 30.3 Å². The highest BCUT2D eigenvalue weighted by molar-refractivity contribution is 6.31. The van der Waals surface area contributed by atoms with Crippen molar-refractivity contribution >= 4 is 29.2 Å². The molecule has 0 spiro atoms. The number of anilines is 1. The van der Waals surface area contributed by atoms with Crippen LogP contribution in [0, 0.1) is 0 Å². The van der Waals surface area contributed by atoms with Crippen molar-refractivity contribution in [1.82, 2.24) is 0 Å². The van der Waals surface area contributed by atoms with Gasteiger partial charge in [-0.2, -0.15) is 0 Å². The summed E-state index contributed by atoms with van der Waals surface area (Å²) < 4.78 is 0. The van der Waals surface area contributed by atoms with E-state index in [0.717, 1.165) is 11.3 Å². The Morgan fingerprint density at radius 2 is 1.81 bits per heavy atom. The van der Waals surface area contributed by atoms with Crippen LogP contribution in [0.4, 0.5) is 11.4 Å². The molecule has 0 saturated carbocycles. The van der Waals surface area contributed by atoms with Crippen molar-refractivity contribution < 1.29 is 0 Å². The van der Waals surface area contributed by atoms with Crippen molar-refractivity contribution in [2.24, 2.45) is 4.99 Å². The third kappa shape index (κ3) is 2.61. The topological polar surface area (TPSA) is 38.4 Å². The number of halogens is 1. The molecule has 0 aliphatic rings. The molecule has 0 atom stereocenters. The van der Waals surface area contributed by atoms with Crippen LogP contribution in [-0.2, 0) is 0 Å². The first-order valence-electron chi connectivity index (χ1n) is 4.90. The quantitative estimate of drug-likeness (QED) is 0.620. The molecule has 0 heterocycles. The Bertz CT molecular complexity index is 507. The van der Waals surface area contributed by atoms with E-state index in [1.807, 2.05) is 30.3 Å². The molecule has 0 aromatic heterocycles. The van der Waals surface area contributed by atoms with E-state index in [0.29, 0.717) is 10.7 Å². The molecule has 0 amide bonds. The zero-order valence-electron chi connectivity index (χ0n) is 8.60. The first-order chi connectivity index (χ1) is 7.75. The molecule has 0 fully saturated rings. The van der Waals surface area contributed by atoms with Gasteiger partial charge in [-0.3, -0.25) is 4.99 Å². The number of rotatable bonds is 2. The lowest BCUT2D eigenvalue weighted by molar-refractivity contribution is 1.52. The molecule has 3 heteroatoms. The minimum absolute atomic E-state index is 0.656. The van der Waals surface area contributed by atoms with E-state index in [4.69, 9.17) is 17.3 Å². The smallest absolute Gasteiger partial charge is 0.0629 e. The van der Waals surface area contributed by atoms with Gasteiger partial charge in [0.05, 0.1) is 5.69 Å². The van der Waals surface area contributed by atoms with Gasteiger partial charge in [0.2, 0.25) is 0 Å². The lowest BCUT2D eigenvalue weighted by Gasteiger charge is -2.00. The van der Waals surface area contributed by atoms with E-state index in [-0.39, 0.29) is 0 Å². The minimum atomic E-state index is 0.656. The largest absolute Gasteiger partial charge is 0.398 e. The van der Waals surface area contributed by atoms with Gasteiger partial charge in [-0.25, -0.2) is 0 Å². The van der Waals surface area contributed by atoms with Crippen molar-refractivity contribution in [2.75, 3.05) is 5.73 Å². The Morgan fingerprint density at radius 3 is 2.56 bits per heavy atom. The van der Waals surface area contributed by atoms with Gasteiger partial charge in [0.1, 0.15) is 0 Å². The highest BCUT2D eigenvalue weighted by Crippen LogP contribution is 2.17. The molecule has 0 radical (unpaired) electrons. The molecule has 0 unspecified atom stereocenters. The summed E-state index contributed by atoms with van der Waals surface area (Å²) in [7, 11) is 0. The lowest BCUT2D eigenvalue weighted by Crippen LogP contribution is -1.92. The molecule has 2 N–H and O–H groups in total. The maximum Gasteiger partial charge on any atom is 0.0629 e. The van der Waals surface area contributed by atoms with E-state index in [9.17, 15) is 0 Å². The fraction of sp³-hybridized carbons (Fsp3) is 0. The minimum Gasteiger partial charge on any atom is -0.398 e. The molecule has 2 rings (SSSR count). The molecule has 0 bridgehead atoms. The molecule has 0 aliphatic carbocycles.